The second-order valence-corrected chi connectivity index (χ2v) is 5.00. The van der Waals surface area contributed by atoms with Gasteiger partial charge in [0, 0.05) is 36.1 Å². The van der Waals surface area contributed by atoms with E-state index in [1.54, 1.807) is 6.20 Å². The average molecular weight is 291 g/mol. The van der Waals surface area contributed by atoms with E-state index in [1.807, 2.05) is 36.5 Å². The molecule has 2 rings (SSSR count). The van der Waals surface area contributed by atoms with E-state index in [-0.39, 0.29) is 0 Å². The smallest absolute Gasteiger partial charge is 0.123 e. The van der Waals surface area contributed by atoms with Crippen molar-refractivity contribution in [3.8, 4) is 5.75 Å². The van der Waals surface area contributed by atoms with Gasteiger partial charge in [0.2, 0.25) is 0 Å². The summed E-state index contributed by atoms with van der Waals surface area (Å²) in [4.78, 5) is 4.10. The quantitative estimate of drug-likeness (QED) is 0.842. The van der Waals surface area contributed by atoms with Crippen LogP contribution in [0.2, 0.25) is 5.02 Å². The Morgan fingerprint density at radius 2 is 2.15 bits per heavy atom. The van der Waals surface area contributed by atoms with Gasteiger partial charge in [0.05, 0.1) is 6.61 Å². The molecule has 1 heterocycles. The molecule has 0 atom stereocenters. The van der Waals surface area contributed by atoms with Crippen LogP contribution in [0.15, 0.2) is 42.7 Å². The molecule has 4 heteroatoms. The monoisotopic (exact) mass is 290 g/mol. The molecule has 0 fully saturated rings. The predicted octanol–water partition coefficient (Wildman–Crippen LogP) is 3.81. The van der Waals surface area contributed by atoms with Gasteiger partial charge >= 0.3 is 0 Å². The molecule has 0 aliphatic rings. The van der Waals surface area contributed by atoms with Crippen molar-refractivity contribution in [2.75, 3.05) is 6.61 Å². The van der Waals surface area contributed by atoms with E-state index < -0.39 is 0 Å². The predicted molar refractivity (Wildman–Crippen MR) is 82.0 cm³/mol. The van der Waals surface area contributed by atoms with Crippen molar-refractivity contribution >= 4 is 11.6 Å². The fraction of sp³-hybridized carbons (Fsp3) is 0.312. The zero-order chi connectivity index (χ0) is 14.2. The lowest BCUT2D eigenvalue weighted by molar-refractivity contribution is 0.313. The van der Waals surface area contributed by atoms with Crippen molar-refractivity contribution in [2.45, 2.75) is 26.4 Å². The molecule has 2 aromatic rings. The van der Waals surface area contributed by atoms with Crippen molar-refractivity contribution in [3.05, 3.63) is 58.9 Å². The van der Waals surface area contributed by atoms with E-state index in [0.717, 1.165) is 41.5 Å². The maximum absolute atomic E-state index is 6.05. The zero-order valence-electron chi connectivity index (χ0n) is 11.6. The molecular formula is C16H19ClN2O. The lowest BCUT2D eigenvalue weighted by Crippen LogP contribution is -2.14. The molecule has 0 aliphatic heterocycles. The molecule has 0 bridgehead atoms. The Morgan fingerprint density at radius 1 is 1.25 bits per heavy atom. The van der Waals surface area contributed by atoms with Crippen LogP contribution in [0.25, 0.3) is 0 Å². The van der Waals surface area contributed by atoms with Crippen LogP contribution in [-0.2, 0) is 13.1 Å². The van der Waals surface area contributed by atoms with Gasteiger partial charge in [0.1, 0.15) is 5.75 Å². The topological polar surface area (TPSA) is 34.1 Å². The Balaban J connectivity index is 1.95. The lowest BCUT2D eigenvalue weighted by atomic mass is 10.2. The van der Waals surface area contributed by atoms with Crippen molar-refractivity contribution < 1.29 is 4.74 Å². The molecule has 0 unspecified atom stereocenters. The number of ether oxygens (including phenoxy) is 1. The third kappa shape index (κ3) is 4.51. The highest BCUT2D eigenvalue weighted by Crippen LogP contribution is 2.23. The fourth-order valence-electron chi connectivity index (χ4n) is 1.88. The van der Waals surface area contributed by atoms with Gasteiger partial charge in [-0.25, -0.2) is 0 Å². The number of hydrogen-bond acceptors (Lipinski definition) is 3. The third-order valence-corrected chi connectivity index (χ3v) is 3.09. The molecule has 106 valence electrons. The van der Waals surface area contributed by atoms with E-state index in [2.05, 4.69) is 17.2 Å². The summed E-state index contributed by atoms with van der Waals surface area (Å²) < 4.78 is 5.73. The van der Waals surface area contributed by atoms with Crippen molar-refractivity contribution in [3.63, 3.8) is 0 Å². The van der Waals surface area contributed by atoms with Gasteiger partial charge in [-0.2, -0.15) is 0 Å². The Bertz CT molecular complexity index is 531. The summed E-state index contributed by atoms with van der Waals surface area (Å²) in [6, 6.07) is 9.72. The van der Waals surface area contributed by atoms with Crippen LogP contribution in [0.3, 0.4) is 0 Å². The largest absolute Gasteiger partial charge is 0.493 e. The van der Waals surface area contributed by atoms with Gasteiger partial charge < -0.3 is 10.1 Å². The maximum atomic E-state index is 6.05. The van der Waals surface area contributed by atoms with Gasteiger partial charge in [0.15, 0.2) is 0 Å². The fourth-order valence-corrected chi connectivity index (χ4v) is 2.08. The molecule has 0 radical (unpaired) electrons. The highest BCUT2D eigenvalue weighted by molar-refractivity contribution is 6.30. The maximum Gasteiger partial charge on any atom is 0.123 e. The number of benzene rings is 1. The van der Waals surface area contributed by atoms with E-state index in [0.29, 0.717) is 6.54 Å². The Kier molecular flexibility index (Phi) is 5.84. The second-order valence-electron chi connectivity index (χ2n) is 4.57. The van der Waals surface area contributed by atoms with Crippen LogP contribution in [0.4, 0.5) is 0 Å². The summed E-state index contributed by atoms with van der Waals surface area (Å²) in [6.07, 6.45) is 4.63. The zero-order valence-corrected chi connectivity index (χ0v) is 12.4. The van der Waals surface area contributed by atoms with Gasteiger partial charge in [-0.3, -0.25) is 4.98 Å². The average Bonchev–Trinajstić information content (AvgIpc) is 2.47. The van der Waals surface area contributed by atoms with Gasteiger partial charge in [-0.05, 0) is 36.2 Å². The number of aromatic nitrogens is 1. The molecule has 0 saturated carbocycles. The van der Waals surface area contributed by atoms with Crippen LogP contribution in [-0.4, -0.2) is 11.6 Å². The molecule has 0 saturated heterocycles. The highest BCUT2D eigenvalue weighted by atomic mass is 35.5. The van der Waals surface area contributed by atoms with Crippen LogP contribution in [0.5, 0.6) is 5.75 Å². The molecule has 0 amide bonds. The third-order valence-electron chi connectivity index (χ3n) is 2.85. The van der Waals surface area contributed by atoms with Crippen LogP contribution in [0.1, 0.15) is 24.5 Å². The molecule has 0 spiro atoms. The van der Waals surface area contributed by atoms with Gasteiger partial charge in [-0.1, -0.05) is 24.6 Å². The van der Waals surface area contributed by atoms with E-state index in [1.165, 1.54) is 0 Å². The SMILES string of the molecule is CCCOc1ccc(Cl)cc1CNCc1cccnc1. The second kappa shape index (κ2) is 7.88. The summed E-state index contributed by atoms with van der Waals surface area (Å²) in [5, 5.41) is 4.11. The first-order valence-electron chi connectivity index (χ1n) is 6.80. The molecule has 1 aromatic heterocycles. The standard InChI is InChI=1S/C16H19ClN2O/c1-2-8-20-16-6-5-15(17)9-14(16)12-19-11-13-4-3-7-18-10-13/h3-7,9-10,19H,2,8,11-12H2,1H3. The number of nitrogens with zero attached hydrogens (tertiary/aromatic N) is 1. The molecule has 1 aromatic carbocycles. The van der Waals surface area contributed by atoms with Crippen molar-refractivity contribution in [1.82, 2.24) is 10.3 Å². The number of halogens is 1. The summed E-state index contributed by atoms with van der Waals surface area (Å²) in [5.74, 6) is 0.898. The lowest BCUT2D eigenvalue weighted by Gasteiger charge is -2.12. The van der Waals surface area contributed by atoms with Gasteiger partial charge in [-0.15, -0.1) is 0 Å². The Hall–Kier alpha value is -1.58. The van der Waals surface area contributed by atoms with E-state index in [9.17, 15) is 0 Å². The number of pyridine rings is 1. The van der Waals surface area contributed by atoms with Gasteiger partial charge in [0.25, 0.3) is 0 Å². The number of rotatable bonds is 7. The van der Waals surface area contributed by atoms with Crippen LogP contribution < -0.4 is 10.1 Å². The van der Waals surface area contributed by atoms with E-state index in [4.69, 9.17) is 16.3 Å². The molecule has 20 heavy (non-hydrogen) atoms. The first-order valence-corrected chi connectivity index (χ1v) is 7.18. The van der Waals surface area contributed by atoms with Crippen LogP contribution >= 0.6 is 11.6 Å². The summed E-state index contributed by atoms with van der Waals surface area (Å²) in [6.45, 7) is 4.30. The molecular weight excluding hydrogens is 272 g/mol. The minimum atomic E-state index is 0.717. The summed E-state index contributed by atoms with van der Waals surface area (Å²) >= 11 is 6.05. The minimum Gasteiger partial charge on any atom is -0.493 e. The Labute approximate surface area is 124 Å². The molecule has 1 N–H and O–H groups in total. The normalized spacial score (nSPS) is 10.5. The first-order chi connectivity index (χ1) is 9.79. The Morgan fingerprint density at radius 3 is 2.90 bits per heavy atom. The van der Waals surface area contributed by atoms with Crippen molar-refractivity contribution in [2.24, 2.45) is 0 Å². The molecule has 0 aliphatic carbocycles. The first kappa shape index (κ1) is 14.8. The minimum absolute atomic E-state index is 0.717. The highest BCUT2D eigenvalue weighted by Gasteiger charge is 2.04. The molecule has 3 nitrogen and oxygen atoms in total. The number of nitrogens with one attached hydrogen (secondary N) is 1. The summed E-state index contributed by atoms with van der Waals surface area (Å²) in [7, 11) is 0. The van der Waals surface area contributed by atoms with Crippen molar-refractivity contribution in [1.29, 1.82) is 0 Å². The number of hydrogen-bond donors (Lipinski definition) is 1. The van der Waals surface area contributed by atoms with E-state index >= 15 is 0 Å². The van der Waals surface area contributed by atoms with Crippen LogP contribution in [0, 0.1) is 0 Å². The summed E-state index contributed by atoms with van der Waals surface area (Å²) in [5.41, 5.74) is 2.24.